The summed E-state index contributed by atoms with van der Waals surface area (Å²) in [6.45, 7) is 5.18. The van der Waals surface area contributed by atoms with Crippen LogP contribution in [0.5, 0.6) is 0 Å². The van der Waals surface area contributed by atoms with Crippen LogP contribution in [0, 0.1) is 12.3 Å². The molecular weight excluding hydrogens is 400 g/mol. The Bertz CT molecular complexity index is 1120. The molecule has 0 aliphatic carbocycles. The number of anilines is 1. The fourth-order valence-electron chi connectivity index (χ4n) is 3.09. The van der Waals surface area contributed by atoms with Crippen molar-refractivity contribution in [1.29, 1.82) is 0 Å². The van der Waals surface area contributed by atoms with E-state index in [9.17, 15) is 21.6 Å². The van der Waals surface area contributed by atoms with Gasteiger partial charge < -0.3 is 0 Å². The van der Waals surface area contributed by atoms with E-state index < -0.39 is 31.4 Å². The van der Waals surface area contributed by atoms with Crippen LogP contribution in [0.25, 0.3) is 0 Å². The molecule has 0 radical (unpaired) electrons. The van der Waals surface area contributed by atoms with Crippen LogP contribution in [0.3, 0.4) is 0 Å². The first-order chi connectivity index (χ1) is 12.9. The van der Waals surface area contributed by atoms with Crippen LogP contribution in [0.2, 0.25) is 0 Å². The van der Waals surface area contributed by atoms with E-state index in [-0.39, 0.29) is 22.9 Å². The van der Waals surface area contributed by atoms with Crippen molar-refractivity contribution in [3.8, 4) is 0 Å². The van der Waals surface area contributed by atoms with E-state index in [0.717, 1.165) is 15.4 Å². The number of sulfonamides is 2. The van der Waals surface area contributed by atoms with Gasteiger partial charge in [0.25, 0.3) is 0 Å². The summed E-state index contributed by atoms with van der Waals surface area (Å²) in [4.78, 5) is 12.4. The molecule has 1 saturated heterocycles. The highest BCUT2D eigenvalue weighted by Crippen LogP contribution is 2.35. The lowest BCUT2D eigenvalue weighted by atomic mass is 9.95. The molecule has 150 valence electrons. The largest absolute Gasteiger partial charge is 0.273 e. The minimum absolute atomic E-state index is 0.00635. The molecule has 1 aliphatic heterocycles. The molecule has 0 unspecified atom stereocenters. The number of carbonyl (C=O) groups excluding carboxylic acids is 1. The Hall–Kier alpha value is -2.23. The zero-order valence-electron chi connectivity index (χ0n) is 15.8. The number of nitrogens with zero attached hydrogens (tertiary/aromatic N) is 1. The third-order valence-corrected chi connectivity index (χ3v) is 8.12. The number of hydrogen-bond donors (Lipinski definition) is 1. The normalized spacial score (nSPS) is 18.4. The molecule has 1 amide bonds. The SMILES string of the molecule is Cc1ccccc1CNS(=O)(=O)c1ccc(N2C(=O)C(C)(C)CS2(=O)=O)cc1. The molecule has 9 heteroatoms. The van der Waals surface area contributed by atoms with Gasteiger partial charge in [0.1, 0.15) is 0 Å². The molecule has 2 aromatic rings. The van der Waals surface area contributed by atoms with E-state index in [4.69, 9.17) is 0 Å². The van der Waals surface area contributed by atoms with E-state index in [1.165, 1.54) is 24.3 Å². The summed E-state index contributed by atoms with van der Waals surface area (Å²) in [5.41, 5.74) is 0.951. The molecule has 1 aliphatic rings. The molecule has 3 rings (SSSR count). The summed E-state index contributed by atoms with van der Waals surface area (Å²) < 4.78 is 53.0. The number of benzene rings is 2. The number of amides is 1. The second-order valence-corrected chi connectivity index (χ2v) is 11.0. The first-order valence-corrected chi connectivity index (χ1v) is 11.7. The summed E-state index contributed by atoms with van der Waals surface area (Å²) in [6.07, 6.45) is 0. The van der Waals surface area contributed by atoms with Crippen LogP contribution in [0.4, 0.5) is 5.69 Å². The highest BCUT2D eigenvalue weighted by molar-refractivity contribution is 7.94. The van der Waals surface area contributed by atoms with Gasteiger partial charge in [-0.2, -0.15) is 0 Å². The Morgan fingerprint density at radius 3 is 2.21 bits per heavy atom. The zero-order valence-corrected chi connectivity index (χ0v) is 17.5. The van der Waals surface area contributed by atoms with Crippen molar-refractivity contribution in [1.82, 2.24) is 4.72 Å². The maximum absolute atomic E-state index is 12.5. The zero-order chi connectivity index (χ0) is 20.7. The minimum Gasteiger partial charge on any atom is -0.273 e. The van der Waals surface area contributed by atoms with E-state index in [2.05, 4.69) is 4.72 Å². The molecule has 7 nitrogen and oxygen atoms in total. The number of rotatable bonds is 5. The first-order valence-electron chi connectivity index (χ1n) is 8.66. The van der Waals surface area contributed by atoms with Gasteiger partial charge in [0.15, 0.2) is 0 Å². The fraction of sp³-hybridized carbons (Fsp3) is 0.316. The Morgan fingerprint density at radius 2 is 1.68 bits per heavy atom. The second-order valence-electron chi connectivity index (χ2n) is 7.45. The van der Waals surface area contributed by atoms with E-state index >= 15 is 0 Å². The van der Waals surface area contributed by atoms with Gasteiger partial charge in [-0.15, -0.1) is 0 Å². The van der Waals surface area contributed by atoms with Crippen molar-refractivity contribution in [3.63, 3.8) is 0 Å². The monoisotopic (exact) mass is 422 g/mol. The topological polar surface area (TPSA) is 101 Å². The lowest BCUT2D eigenvalue weighted by Gasteiger charge is -2.17. The molecule has 2 aromatic carbocycles. The number of hydrogen-bond acceptors (Lipinski definition) is 5. The van der Waals surface area contributed by atoms with Crippen molar-refractivity contribution in [2.75, 3.05) is 10.1 Å². The van der Waals surface area contributed by atoms with Crippen LogP contribution in [-0.2, 0) is 31.4 Å². The molecule has 0 bridgehead atoms. The Morgan fingerprint density at radius 1 is 1.07 bits per heavy atom. The third-order valence-electron chi connectivity index (χ3n) is 4.68. The van der Waals surface area contributed by atoms with E-state index in [1.807, 2.05) is 31.2 Å². The highest BCUT2D eigenvalue weighted by atomic mass is 32.2. The molecule has 0 atom stereocenters. The molecule has 1 N–H and O–H groups in total. The standard InChI is InChI=1S/C19H22N2O5S2/c1-14-6-4-5-7-15(14)12-20-28(25,26)17-10-8-16(9-11-17)21-18(22)19(2,3)13-27(21,23)24/h4-11,20H,12-13H2,1-3H3. The maximum atomic E-state index is 12.5. The third kappa shape index (κ3) is 3.82. The van der Waals surface area contributed by atoms with Gasteiger partial charge in [-0.25, -0.2) is 25.9 Å². The highest BCUT2D eigenvalue weighted by Gasteiger charge is 2.49. The van der Waals surface area contributed by atoms with Crippen molar-refractivity contribution < 1.29 is 21.6 Å². The number of carbonyl (C=O) groups is 1. The summed E-state index contributed by atoms with van der Waals surface area (Å²) in [6, 6.07) is 12.7. The number of aryl methyl sites for hydroxylation is 1. The molecule has 0 aromatic heterocycles. The molecule has 1 heterocycles. The summed E-state index contributed by atoms with van der Waals surface area (Å²) in [5.74, 6) is -0.808. The van der Waals surface area contributed by atoms with Crippen LogP contribution >= 0.6 is 0 Å². The maximum Gasteiger partial charge on any atom is 0.247 e. The summed E-state index contributed by atoms with van der Waals surface area (Å²) in [7, 11) is -7.56. The molecular formula is C19H22N2O5S2. The van der Waals surface area contributed by atoms with Gasteiger partial charge in [-0.05, 0) is 56.2 Å². The smallest absolute Gasteiger partial charge is 0.247 e. The summed E-state index contributed by atoms with van der Waals surface area (Å²) >= 11 is 0. The first kappa shape index (κ1) is 20.5. The minimum atomic E-state index is -3.78. The average Bonchev–Trinajstić information content (AvgIpc) is 2.77. The predicted molar refractivity (Wildman–Crippen MR) is 107 cm³/mol. The Kier molecular flexibility index (Phi) is 5.11. The quantitative estimate of drug-likeness (QED) is 0.796. The lowest BCUT2D eigenvalue weighted by Crippen LogP contribution is -2.33. The van der Waals surface area contributed by atoms with Crippen LogP contribution in [0.1, 0.15) is 25.0 Å². The van der Waals surface area contributed by atoms with Gasteiger partial charge in [0.05, 0.1) is 21.8 Å². The molecule has 1 fully saturated rings. The van der Waals surface area contributed by atoms with Gasteiger partial charge in [0, 0.05) is 6.54 Å². The van der Waals surface area contributed by atoms with E-state index in [1.54, 1.807) is 13.8 Å². The number of nitrogens with one attached hydrogen (secondary N) is 1. The molecule has 0 saturated carbocycles. The Labute approximate surface area is 165 Å². The molecule has 28 heavy (non-hydrogen) atoms. The van der Waals surface area contributed by atoms with Crippen molar-refractivity contribution in [3.05, 3.63) is 59.7 Å². The van der Waals surface area contributed by atoms with Gasteiger partial charge >= 0.3 is 0 Å². The van der Waals surface area contributed by atoms with Crippen molar-refractivity contribution >= 4 is 31.6 Å². The summed E-state index contributed by atoms with van der Waals surface area (Å²) in [5, 5.41) is 0. The van der Waals surface area contributed by atoms with Crippen molar-refractivity contribution in [2.24, 2.45) is 5.41 Å². The predicted octanol–water partition coefficient (Wildman–Crippen LogP) is 2.18. The fourth-order valence-corrected chi connectivity index (χ4v) is 6.20. The van der Waals surface area contributed by atoms with Crippen LogP contribution in [0.15, 0.2) is 53.4 Å². The lowest BCUT2D eigenvalue weighted by molar-refractivity contribution is -0.123. The molecule has 0 spiro atoms. The van der Waals surface area contributed by atoms with Gasteiger partial charge in [-0.1, -0.05) is 24.3 Å². The van der Waals surface area contributed by atoms with Crippen LogP contribution < -0.4 is 9.03 Å². The Balaban J connectivity index is 1.82. The van der Waals surface area contributed by atoms with Crippen LogP contribution in [-0.4, -0.2) is 28.5 Å². The average molecular weight is 423 g/mol. The van der Waals surface area contributed by atoms with Gasteiger partial charge in [0.2, 0.25) is 26.0 Å². The second kappa shape index (κ2) is 6.98. The van der Waals surface area contributed by atoms with Gasteiger partial charge in [-0.3, -0.25) is 4.79 Å². The van der Waals surface area contributed by atoms with E-state index in [0.29, 0.717) is 0 Å². The van der Waals surface area contributed by atoms with Crippen molar-refractivity contribution in [2.45, 2.75) is 32.2 Å².